The molecule has 0 heterocycles. The molecular weight excluding hydrogens is 290 g/mol. The van der Waals surface area contributed by atoms with Crippen LogP contribution in [0.4, 0.5) is 0 Å². The number of aliphatic hydroxyl groups is 1. The minimum Gasteiger partial charge on any atom is -0.480 e. The van der Waals surface area contributed by atoms with Crippen LogP contribution in [0.15, 0.2) is 0 Å². The number of carboxylic acid groups (broad SMARTS) is 3. The summed E-state index contributed by atoms with van der Waals surface area (Å²) in [6, 6.07) is -1.18. The Labute approximate surface area is 120 Å². The minimum atomic E-state index is -1.28. The Morgan fingerprint density at radius 3 is 1.95 bits per heavy atom. The van der Waals surface area contributed by atoms with Gasteiger partial charge in [-0.1, -0.05) is 0 Å². The molecule has 0 radical (unpaired) electrons. The second-order valence-corrected chi connectivity index (χ2v) is 5.41. The van der Waals surface area contributed by atoms with E-state index in [-0.39, 0.29) is 6.42 Å². The first-order valence-corrected chi connectivity index (χ1v) is 7.05. The van der Waals surface area contributed by atoms with Gasteiger partial charge >= 0.3 is 17.9 Å². The van der Waals surface area contributed by atoms with Crippen molar-refractivity contribution in [2.75, 3.05) is 24.6 Å². The number of carboxylic acids is 3. The van der Waals surface area contributed by atoms with Gasteiger partial charge in [-0.25, -0.2) is 0 Å². The predicted molar refractivity (Wildman–Crippen MR) is 71.9 cm³/mol. The summed E-state index contributed by atoms with van der Waals surface area (Å²) in [4.78, 5) is 33.4. The maximum atomic E-state index is 11.1. The van der Waals surface area contributed by atoms with Gasteiger partial charge in [-0.15, -0.1) is 0 Å². The Kier molecular flexibility index (Phi) is 8.93. The zero-order valence-electron chi connectivity index (χ0n) is 11.1. The van der Waals surface area contributed by atoms with Crippen molar-refractivity contribution in [2.45, 2.75) is 25.5 Å². The van der Waals surface area contributed by atoms with Crippen LogP contribution < -0.4 is 0 Å². The topological polar surface area (TPSA) is 135 Å². The molecule has 0 saturated carbocycles. The van der Waals surface area contributed by atoms with Crippen molar-refractivity contribution in [2.24, 2.45) is 0 Å². The summed E-state index contributed by atoms with van der Waals surface area (Å²) < 4.78 is 0. The SMILES string of the molecule is CC(O)CSCCC(C(=O)O)N(CC(=O)O)CC(=O)O. The third-order valence-corrected chi connectivity index (χ3v) is 3.54. The molecule has 20 heavy (non-hydrogen) atoms. The van der Waals surface area contributed by atoms with Gasteiger partial charge in [0, 0.05) is 5.75 Å². The van der Waals surface area contributed by atoms with E-state index >= 15 is 0 Å². The van der Waals surface area contributed by atoms with Crippen LogP contribution in [0.25, 0.3) is 0 Å². The summed E-state index contributed by atoms with van der Waals surface area (Å²) in [6.45, 7) is 0.303. The predicted octanol–water partition coefficient (Wildman–Crippen LogP) is -0.585. The van der Waals surface area contributed by atoms with Crippen molar-refractivity contribution in [1.82, 2.24) is 4.90 Å². The number of hydrogen-bond donors (Lipinski definition) is 4. The van der Waals surface area contributed by atoms with Crippen LogP contribution in [0.2, 0.25) is 0 Å². The van der Waals surface area contributed by atoms with Gasteiger partial charge in [-0.2, -0.15) is 11.8 Å². The maximum absolute atomic E-state index is 11.1. The van der Waals surface area contributed by atoms with E-state index in [9.17, 15) is 14.4 Å². The molecule has 0 spiro atoms. The Morgan fingerprint density at radius 1 is 1.10 bits per heavy atom. The van der Waals surface area contributed by atoms with Gasteiger partial charge < -0.3 is 20.4 Å². The molecule has 0 aromatic heterocycles. The van der Waals surface area contributed by atoms with Gasteiger partial charge in [0.05, 0.1) is 19.2 Å². The van der Waals surface area contributed by atoms with Crippen molar-refractivity contribution >= 4 is 29.7 Å². The summed E-state index contributed by atoms with van der Waals surface area (Å²) in [5, 5.41) is 35.6. The first-order valence-electron chi connectivity index (χ1n) is 5.90. The molecular formula is C11H19NO7S. The lowest BCUT2D eigenvalue weighted by Gasteiger charge is -2.25. The maximum Gasteiger partial charge on any atom is 0.320 e. The first-order chi connectivity index (χ1) is 9.23. The van der Waals surface area contributed by atoms with Crippen molar-refractivity contribution in [3.05, 3.63) is 0 Å². The molecule has 0 aromatic carbocycles. The van der Waals surface area contributed by atoms with Gasteiger partial charge in [0.1, 0.15) is 6.04 Å². The molecule has 9 heteroatoms. The fourth-order valence-corrected chi connectivity index (χ4v) is 2.43. The number of thioether (sulfide) groups is 1. The van der Waals surface area contributed by atoms with E-state index in [0.29, 0.717) is 11.5 Å². The Morgan fingerprint density at radius 2 is 1.60 bits per heavy atom. The summed E-state index contributed by atoms with van der Waals surface area (Å²) in [6.07, 6.45) is -0.412. The van der Waals surface area contributed by atoms with E-state index in [2.05, 4.69) is 0 Å². The third-order valence-electron chi connectivity index (χ3n) is 2.30. The van der Waals surface area contributed by atoms with Crippen molar-refractivity contribution in [3.63, 3.8) is 0 Å². The molecule has 0 amide bonds. The quantitative estimate of drug-likeness (QED) is 0.369. The number of nitrogens with zero attached hydrogens (tertiary/aromatic N) is 1. The standard InChI is InChI=1S/C11H19NO7S/c1-7(13)6-20-3-2-8(11(18)19)12(4-9(14)15)5-10(16)17/h7-8,13H,2-6H2,1H3,(H,14,15)(H,16,17)(H,18,19). The highest BCUT2D eigenvalue weighted by atomic mass is 32.2. The van der Waals surface area contributed by atoms with Crippen LogP contribution in [0.3, 0.4) is 0 Å². The normalized spacial score (nSPS) is 13.9. The largest absolute Gasteiger partial charge is 0.480 e. The van der Waals surface area contributed by atoms with Crippen molar-refractivity contribution in [3.8, 4) is 0 Å². The van der Waals surface area contributed by atoms with Crippen LogP contribution in [0.1, 0.15) is 13.3 Å². The highest BCUT2D eigenvalue weighted by molar-refractivity contribution is 7.99. The van der Waals surface area contributed by atoms with Gasteiger partial charge in [0.25, 0.3) is 0 Å². The van der Waals surface area contributed by atoms with Gasteiger partial charge in [0.15, 0.2) is 0 Å². The van der Waals surface area contributed by atoms with E-state index in [0.717, 1.165) is 4.90 Å². The van der Waals surface area contributed by atoms with Gasteiger partial charge in [0.2, 0.25) is 0 Å². The molecule has 0 saturated heterocycles. The Hall–Kier alpha value is -1.32. The zero-order chi connectivity index (χ0) is 15.7. The lowest BCUT2D eigenvalue weighted by atomic mass is 10.2. The van der Waals surface area contributed by atoms with Crippen LogP contribution in [0, 0.1) is 0 Å². The van der Waals surface area contributed by atoms with E-state index in [1.165, 1.54) is 11.8 Å². The minimum absolute atomic E-state index is 0.104. The molecule has 0 aliphatic heterocycles. The van der Waals surface area contributed by atoms with Crippen LogP contribution in [-0.4, -0.2) is 80.0 Å². The number of rotatable bonds is 11. The van der Waals surface area contributed by atoms with E-state index < -0.39 is 43.1 Å². The summed E-state index contributed by atoms with van der Waals surface area (Å²) in [7, 11) is 0. The molecule has 0 rings (SSSR count). The molecule has 2 atom stereocenters. The smallest absolute Gasteiger partial charge is 0.320 e. The highest BCUT2D eigenvalue weighted by Crippen LogP contribution is 2.12. The lowest BCUT2D eigenvalue weighted by molar-refractivity contribution is -0.149. The van der Waals surface area contributed by atoms with Crippen molar-refractivity contribution < 1.29 is 34.8 Å². The number of aliphatic carboxylic acids is 3. The third kappa shape index (κ3) is 8.73. The summed E-state index contributed by atoms with van der Waals surface area (Å²) in [5.41, 5.74) is 0. The van der Waals surface area contributed by atoms with Crippen LogP contribution in [0.5, 0.6) is 0 Å². The molecule has 8 nitrogen and oxygen atoms in total. The Balaban J connectivity index is 4.58. The monoisotopic (exact) mass is 309 g/mol. The second kappa shape index (κ2) is 9.56. The molecule has 116 valence electrons. The van der Waals surface area contributed by atoms with Crippen LogP contribution in [-0.2, 0) is 14.4 Å². The van der Waals surface area contributed by atoms with Crippen molar-refractivity contribution in [1.29, 1.82) is 0 Å². The van der Waals surface area contributed by atoms with E-state index in [4.69, 9.17) is 20.4 Å². The number of hydrogen-bond acceptors (Lipinski definition) is 6. The van der Waals surface area contributed by atoms with Crippen LogP contribution >= 0.6 is 11.8 Å². The Bertz CT molecular complexity index is 332. The summed E-state index contributed by atoms with van der Waals surface area (Å²) in [5.74, 6) is -3.00. The summed E-state index contributed by atoms with van der Waals surface area (Å²) >= 11 is 1.33. The fraction of sp³-hybridized carbons (Fsp3) is 0.727. The average Bonchev–Trinajstić information content (AvgIpc) is 2.25. The number of carbonyl (C=O) groups is 3. The molecule has 2 unspecified atom stereocenters. The van der Waals surface area contributed by atoms with E-state index in [1.807, 2.05) is 0 Å². The molecule has 0 bridgehead atoms. The zero-order valence-corrected chi connectivity index (χ0v) is 11.9. The lowest BCUT2D eigenvalue weighted by Crippen LogP contribution is -2.46. The number of aliphatic hydroxyl groups excluding tert-OH is 1. The van der Waals surface area contributed by atoms with Gasteiger partial charge in [-0.3, -0.25) is 19.3 Å². The molecule has 0 fully saturated rings. The molecule has 0 aromatic rings. The van der Waals surface area contributed by atoms with E-state index in [1.54, 1.807) is 6.92 Å². The highest BCUT2D eigenvalue weighted by Gasteiger charge is 2.28. The van der Waals surface area contributed by atoms with Gasteiger partial charge in [-0.05, 0) is 19.1 Å². The molecule has 4 N–H and O–H groups in total. The molecule has 0 aliphatic rings. The molecule has 0 aliphatic carbocycles. The second-order valence-electron chi connectivity index (χ2n) is 4.26. The average molecular weight is 309 g/mol. The first kappa shape index (κ1) is 18.7. The fourth-order valence-electron chi connectivity index (χ4n) is 1.53.